The summed E-state index contributed by atoms with van der Waals surface area (Å²) in [7, 11) is 2.99. The predicted molar refractivity (Wildman–Crippen MR) is 565 cm³/mol. The maximum absolute atomic E-state index is 16.3. The standard InChI is InChI=1S/C125H130N10O6.Zn/c1-114(2,3)63-43-59(44-64(51-63)115(4,5)6)89-79-35-36-80(128-79)90(60-45-65(116(7,8)9)52-66(46-60)117(10,11)12)82-38-40-84(130-82)92(62-49-69(120(19,20)21)54-70(50-62)121(22,23)24)108-110-109(107(135-108)91(83-39-37-81(89)129-83)61-47-67(118(13,14)15)53-68(48-61)119(16,17)18)133-87-57-85-86(58-88(87)134-110)132-106-72-34-33-71(105(106)131-85)93-75-55-76(94(72)93)100-99(75)124(112(137)139-27)101-77-56-78(102(101)125(100,141-124)113(138)140-28)98-97(77)122(25)95-73-31-29-41-126-103(73)104-74(32-30-42-127-104)96(95)123(98,26)111(122)136;/h29-54,57-58,71-72,75-78,93-94,97-102H,55-56H2,1-28H3;/q-2;+2/t71-,72+,75+,76-,77-,78+,93?,94?,97?,98?,99?,100?,101?,102?,122-,123+,124+,125-;. The van der Waals surface area contributed by atoms with Crippen LogP contribution in [0.4, 0.5) is 0 Å². The monoisotopic (exact) mass is 1930 g/mol. The molecule has 7 aromatic heterocycles. The average molecular weight is 1930 g/mol. The van der Waals surface area contributed by atoms with E-state index in [1.807, 2.05) is 24.5 Å². The minimum absolute atomic E-state index is 0. The zero-order valence-electron chi connectivity index (χ0n) is 87.8. The second-order valence-electron chi connectivity index (χ2n) is 52.7. The molecule has 13 aromatic rings. The van der Waals surface area contributed by atoms with Crippen LogP contribution in [0.1, 0.15) is 294 Å². The van der Waals surface area contributed by atoms with Crippen LogP contribution in [-0.2, 0) is 102 Å². The molecular formula is C125H130N10O6Zn. The predicted octanol–water partition coefficient (Wildman–Crippen LogP) is 26.8. The van der Waals surface area contributed by atoms with E-state index < -0.39 is 45.8 Å². The van der Waals surface area contributed by atoms with Gasteiger partial charge in [0.25, 0.3) is 0 Å². The number of hydrogen-bond acceptors (Lipinski definition) is 14. The summed E-state index contributed by atoms with van der Waals surface area (Å²) in [6, 6.07) is 45.4. The molecule has 2 saturated heterocycles. The van der Waals surface area contributed by atoms with E-state index in [0.717, 1.165) is 135 Å². The summed E-state index contributed by atoms with van der Waals surface area (Å²) in [6.45, 7) is 59.7. The number of fused-ring (bicyclic) bond motifs is 44. The molecule has 6 aromatic carbocycles. The number of Topliss-reactive ketones (excluding diaryl/α,β-unsaturated/α-hetero) is 1. The van der Waals surface area contributed by atoms with Crippen LogP contribution in [0.15, 0.2) is 146 Å². The molecule has 142 heavy (non-hydrogen) atoms. The molecule has 8 unspecified atom stereocenters. The van der Waals surface area contributed by atoms with Gasteiger partial charge in [0.15, 0.2) is 17.0 Å². The van der Waals surface area contributed by atoms with E-state index in [4.69, 9.17) is 64.1 Å². The van der Waals surface area contributed by atoms with E-state index in [9.17, 15) is 0 Å². The van der Waals surface area contributed by atoms with Crippen molar-refractivity contribution in [2.24, 2.45) is 71.0 Å². The van der Waals surface area contributed by atoms with Crippen molar-refractivity contribution in [3.05, 3.63) is 236 Å². The molecule has 5 saturated carbocycles. The molecule has 0 amide bonds. The van der Waals surface area contributed by atoms with E-state index >= 15 is 14.4 Å². The average Bonchev–Trinajstić information content (AvgIpc) is 1.42. The van der Waals surface area contributed by atoms with Gasteiger partial charge in [-0.05, 0) is 266 Å². The summed E-state index contributed by atoms with van der Waals surface area (Å²) in [5, 5.41) is 1.91. The molecule has 9 aliphatic carbocycles. The maximum Gasteiger partial charge on any atom is 2.00 e. The third-order valence-corrected chi connectivity index (χ3v) is 36.6. The van der Waals surface area contributed by atoms with Gasteiger partial charge in [-0.2, -0.15) is 0 Å². The molecule has 718 valence electrons. The van der Waals surface area contributed by atoms with Crippen LogP contribution >= 0.6 is 0 Å². The first kappa shape index (κ1) is 93.0. The van der Waals surface area contributed by atoms with Crippen LogP contribution in [0, 0.1) is 71.0 Å². The molecule has 17 heteroatoms. The minimum atomic E-state index is -1.49. The summed E-state index contributed by atoms with van der Waals surface area (Å²) in [4.78, 5) is 107. The molecule has 11 heterocycles. The van der Waals surface area contributed by atoms with Crippen LogP contribution in [0.25, 0.3) is 146 Å². The fourth-order valence-corrected chi connectivity index (χ4v) is 30.3. The van der Waals surface area contributed by atoms with Crippen molar-refractivity contribution < 1.29 is 48.1 Å². The molecule has 13 aliphatic rings. The summed E-state index contributed by atoms with van der Waals surface area (Å²) >= 11 is 0. The number of carbonyl (C=O) groups is 3. The van der Waals surface area contributed by atoms with Crippen molar-refractivity contribution in [2.45, 2.75) is 270 Å². The normalized spacial score (nSPS) is 27.8. The largest absolute Gasteiger partial charge is 2.00 e. The minimum Gasteiger partial charge on any atom is -0.657 e. The number of ether oxygens (including phenoxy) is 3. The van der Waals surface area contributed by atoms with Crippen molar-refractivity contribution >= 4 is 119 Å². The Hall–Kier alpha value is -11.4. The van der Waals surface area contributed by atoms with Gasteiger partial charge in [0.05, 0.1) is 103 Å². The van der Waals surface area contributed by atoms with Crippen molar-refractivity contribution in [2.75, 3.05) is 14.2 Å². The topological polar surface area (TPSA) is 210 Å². The van der Waals surface area contributed by atoms with Crippen molar-refractivity contribution in [3.63, 3.8) is 0 Å². The zero-order chi connectivity index (χ0) is 99.2. The van der Waals surface area contributed by atoms with E-state index in [-0.39, 0.29) is 140 Å². The zero-order valence-corrected chi connectivity index (χ0v) is 90.8. The molecular weight excluding hydrogens is 1800 g/mol. The molecule has 7 fully saturated rings. The fourth-order valence-electron chi connectivity index (χ4n) is 30.3. The maximum atomic E-state index is 16.3. The Labute approximate surface area is 846 Å². The van der Waals surface area contributed by atoms with Crippen LogP contribution in [0.3, 0.4) is 0 Å². The van der Waals surface area contributed by atoms with E-state index in [0.29, 0.717) is 44.1 Å². The molecule has 0 N–H and O–H groups in total. The number of allylic oxidation sites excluding steroid dienone is 2. The van der Waals surface area contributed by atoms with Crippen LogP contribution in [-0.4, -0.2) is 83.0 Å². The van der Waals surface area contributed by atoms with Gasteiger partial charge in [0.2, 0.25) is 0 Å². The van der Waals surface area contributed by atoms with E-state index in [1.165, 1.54) is 58.7 Å². The first-order valence-corrected chi connectivity index (χ1v) is 51.6. The number of aromatic nitrogens is 10. The quantitative estimate of drug-likeness (QED) is 0.0378. The smallest absolute Gasteiger partial charge is 0.657 e. The second-order valence-corrected chi connectivity index (χ2v) is 52.7. The summed E-state index contributed by atoms with van der Waals surface area (Å²) in [6.07, 6.45) is 18.8. The number of rotatable bonds is 6. The Balaban J connectivity index is 0.0000109. The molecule has 16 nitrogen and oxygen atoms in total. The Morgan fingerprint density at radius 2 is 0.655 bits per heavy atom. The first-order chi connectivity index (χ1) is 66.3. The summed E-state index contributed by atoms with van der Waals surface area (Å²) < 4.78 is 20.4. The van der Waals surface area contributed by atoms with Gasteiger partial charge in [-0.25, -0.2) is 39.5 Å². The third-order valence-electron chi connectivity index (χ3n) is 36.6. The molecule has 18 bridgehead atoms. The number of esters is 2. The van der Waals surface area contributed by atoms with E-state index in [1.54, 1.807) is 0 Å². The molecule has 0 spiro atoms. The number of methoxy groups -OCH3 is 2. The van der Waals surface area contributed by atoms with E-state index in [2.05, 4.69) is 326 Å². The van der Waals surface area contributed by atoms with Crippen LogP contribution in [0.5, 0.6) is 0 Å². The van der Waals surface area contributed by atoms with Gasteiger partial charge in [-0.3, -0.25) is 14.8 Å². The summed E-state index contributed by atoms with van der Waals surface area (Å²) in [5.74, 6) is -3.22. The van der Waals surface area contributed by atoms with Crippen LogP contribution < -0.4 is 9.97 Å². The van der Waals surface area contributed by atoms with Crippen molar-refractivity contribution in [3.8, 4) is 44.5 Å². The number of nitrogens with zero attached hydrogens (tertiary/aromatic N) is 10. The fraction of sp³-hybridized carbons (Fsp3) is 0.448. The number of benzene rings is 6. The van der Waals surface area contributed by atoms with Gasteiger partial charge in [0.1, 0.15) is 0 Å². The number of ketones is 1. The molecule has 18 atom stereocenters. The molecule has 4 aliphatic heterocycles. The number of hydrogen-bond donors (Lipinski definition) is 0. The van der Waals surface area contributed by atoms with Gasteiger partial charge in [0, 0.05) is 58.7 Å². The number of carbonyl (C=O) groups excluding carboxylic acids is 3. The number of pyridine rings is 2. The van der Waals surface area contributed by atoms with Gasteiger partial charge in [-0.15, -0.1) is 11.0 Å². The Bertz CT molecular complexity index is 7560. The second kappa shape index (κ2) is 29.7. The first-order valence-electron chi connectivity index (χ1n) is 51.6. The molecule has 26 rings (SSSR count). The Kier molecular flexibility index (Phi) is 19.5. The van der Waals surface area contributed by atoms with Gasteiger partial charge >= 0.3 is 31.4 Å². The molecule has 0 radical (unpaired) electrons. The van der Waals surface area contributed by atoms with Crippen LogP contribution in [0.2, 0.25) is 0 Å². The Morgan fingerprint density at radius 1 is 0.359 bits per heavy atom. The van der Waals surface area contributed by atoms with Gasteiger partial charge in [-0.1, -0.05) is 286 Å². The van der Waals surface area contributed by atoms with Gasteiger partial charge < -0.3 is 24.2 Å². The Morgan fingerprint density at radius 3 is 0.972 bits per heavy atom. The SMILES string of the molecule is COC(=O)[C@@]12O[C@@](C(=O)OC)(C3C1[C@@H]1C[C@H]3C3C1[C@@H]1C=C[C@H]3c3nc4cc5nc6c7[n-]c(c(-c8cc(C(C)(C)C)cc(C(C)(C)C)c8)c8nc(c(-c9cc(C(C)(C)C)cc(C(C)(C)C)c9)c9ccc([n-]9)c(-c9cc(C(C)(C)C)cc(C(C)(C)C)c9)c9nc(c7-c7cc(C(C)(C)C)cc(C(C)(C)C)c7)C=C9)C=C8)c6nc5cc4nc31)C1C2[C@H]2C[C@@H]1C1C2[C@@]2(C)C(=O)[C@]1(C)c1c2c2cccnc2c2ncccc12.[Zn+2]. The summed E-state index contributed by atoms with van der Waals surface area (Å²) in [5.41, 5.74) is 25.2. The van der Waals surface area contributed by atoms with Crippen molar-refractivity contribution in [1.82, 2.24) is 49.8 Å². The van der Waals surface area contributed by atoms with Crippen molar-refractivity contribution in [1.29, 1.82) is 0 Å². The third kappa shape index (κ3) is 12.5.